The van der Waals surface area contributed by atoms with Gasteiger partial charge in [-0.1, -0.05) is 48.9 Å². The fourth-order valence-electron chi connectivity index (χ4n) is 2.71. The van der Waals surface area contributed by atoms with E-state index in [-0.39, 0.29) is 11.5 Å². The zero-order chi connectivity index (χ0) is 19.0. The third-order valence-corrected chi connectivity index (χ3v) is 4.02. The topological polar surface area (TPSA) is 60.7 Å². The van der Waals surface area contributed by atoms with Crippen LogP contribution in [0.4, 0.5) is 0 Å². The minimum Gasteiger partial charge on any atom is -0.508 e. The second-order valence-electron chi connectivity index (χ2n) is 7.25. The van der Waals surface area contributed by atoms with Gasteiger partial charge in [0.2, 0.25) is 0 Å². The highest BCUT2D eigenvalue weighted by Crippen LogP contribution is 2.22. The van der Waals surface area contributed by atoms with Crippen LogP contribution < -0.4 is 0 Å². The van der Waals surface area contributed by atoms with E-state index in [9.17, 15) is 15.3 Å². The van der Waals surface area contributed by atoms with Crippen LogP contribution in [0.5, 0.6) is 11.5 Å². The van der Waals surface area contributed by atoms with Gasteiger partial charge in [-0.05, 0) is 68.0 Å². The molecule has 0 spiro atoms. The summed E-state index contributed by atoms with van der Waals surface area (Å²) in [5.41, 5.74) is 2.36. The van der Waals surface area contributed by atoms with E-state index in [1.54, 1.807) is 12.1 Å². The fraction of sp³-hybridized carbons (Fsp3) is 0.304. The number of aromatic hydroxyl groups is 2. The van der Waals surface area contributed by atoms with Gasteiger partial charge in [0.05, 0.1) is 5.60 Å². The van der Waals surface area contributed by atoms with Gasteiger partial charge in [0, 0.05) is 6.07 Å². The molecule has 0 aliphatic heterocycles. The molecule has 0 amide bonds. The van der Waals surface area contributed by atoms with Gasteiger partial charge in [0.1, 0.15) is 11.5 Å². The summed E-state index contributed by atoms with van der Waals surface area (Å²) in [6.45, 7) is 3.69. The lowest BCUT2D eigenvalue weighted by molar-refractivity contribution is 0.0683. The van der Waals surface area contributed by atoms with Crippen molar-refractivity contribution >= 4 is 18.2 Å². The van der Waals surface area contributed by atoms with E-state index in [2.05, 4.69) is 24.3 Å². The number of phenolic OH excluding ortho intramolecular Hbond substituents is 2. The van der Waals surface area contributed by atoms with E-state index in [0.29, 0.717) is 0 Å². The molecule has 3 heteroatoms. The van der Waals surface area contributed by atoms with Crippen LogP contribution in [0.25, 0.3) is 18.2 Å². The summed E-state index contributed by atoms with van der Waals surface area (Å²) in [5, 5.41) is 28.7. The maximum Gasteiger partial charge on any atom is 0.119 e. The van der Waals surface area contributed by atoms with Gasteiger partial charge in [-0.25, -0.2) is 0 Å². The summed E-state index contributed by atoms with van der Waals surface area (Å²) in [5.74, 6) is 0.0943. The highest BCUT2D eigenvalue weighted by atomic mass is 16.3. The molecule has 138 valence electrons. The molecule has 0 saturated heterocycles. The number of hydrogen-bond donors (Lipinski definition) is 3. The average Bonchev–Trinajstić information content (AvgIpc) is 2.55. The van der Waals surface area contributed by atoms with Crippen molar-refractivity contribution in [3.8, 4) is 11.5 Å². The Morgan fingerprint density at radius 2 is 1.42 bits per heavy atom. The van der Waals surface area contributed by atoms with Gasteiger partial charge in [-0.2, -0.15) is 0 Å². The molecule has 0 fully saturated rings. The second kappa shape index (κ2) is 9.25. The van der Waals surface area contributed by atoms with E-state index in [4.69, 9.17) is 0 Å². The van der Waals surface area contributed by atoms with Crippen molar-refractivity contribution in [3.63, 3.8) is 0 Å². The summed E-state index contributed by atoms with van der Waals surface area (Å²) in [4.78, 5) is 0. The van der Waals surface area contributed by atoms with Crippen LogP contribution in [0.1, 0.15) is 56.2 Å². The van der Waals surface area contributed by atoms with Crippen LogP contribution in [0.3, 0.4) is 0 Å². The fourth-order valence-corrected chi connectivity index (χ4v) is 2.71. The summed E-state index contributed by atoms with van der Waals surface area (Å²) in [7, 11) is 0. The molecule has 0 unspecified atom stereocenters. The van der Waals surface area contributed by atoms with Crippen LogP contribution >= 0.6 is 0 Å². The quantitative estimate of drug-likeness (QED) is 0.427. The van der Waals surface area contributed by atoms with Crippen molar-refractivity contribution in [3.05, 3.63) is 65.2 Å². The molecule has 0 saturated carbocycles. The molecule has 26 heavy (non-hydrogen) atoms. The summed E-state index contributed by atoms with van der Waals surface area (Å²) >= 11 is 0. The lowest BCUT2D eigenvalue weighted by Gasteiger charge is -2.15. The van der Waals surface area contributed by atoms with E-state index in [1.807, 2.05) is 38.1 Å². The summed E-state index contributed by atoms with van der Waals surface area (Å²) < 4.78 is 0. The Morgan fingerprint density at radius 1 is 0.808 bits per heavy atom. The Balaban J connectivity index is 1.91. The number of unbranched alkanes of at least 4 members (excludes halogenated alkanes) is 2. The Bertz CT molecular complexity index is 747. The third-order valence-electron chi connectivity index (χ3n) is 4.02. The van der Waals surface area contributed by atoms with Crippen molar-refractivity contribution in [2.24, 2.45) is 0 Å². The zero-order valence-electron chi connectivity index (χ0n) is 15.5. The molecule has 2 rings (SSSR count). The first-order valence-electron chi connectivity index (χ1n) is 9.02. The van der Waals surface area contributed by atoms with Crippen molar-refractivity contribution in [2.45, 2.75) is 45.1 Å². The molecule has 2 aromatic carbocycles. The van der Waals surface area contributed by atoms with E-state index < -0.39 is 5.60 Å². The molecular weight excluding hydrogens is 324 g/mol. The number of aliphatic hydroxyl groups is 1. The molecular formula is C23H28O3. The lowest BCUT2D eigenvalue weighted by Crippen LogP contribution is -2.17. The summed E-state index contributed by atoms with van der Waals surface area (Å²) in [6, 6.07) is 12.7. The van der Waals surface area contributed by atoms with Crippen molar-refractivity contribution < 1.29 is 15.3 Å². The van der Waals surface area contributed by atoms with E-state index in [0.717, 1.165) is 42.4 Å². The molecule has 3 N–H and O–H groups in total. The van der Waals surface area contributed by atoms with E-state index >= 15 is 0 Å². The Morgan fingerprint density at radius 3 is 2.08 bits per heavy atom. The van der Waals surface area contributed by atoms with Crippen LogP contribution in [-0.4, -0.2) is 20.9 Å². The molecule has 3 nitrogen and oxygen atoms in total. The van der Waals surface area contributed by atoms with Gasteiger partial charge < -0.3 is 15.3 Å². The Labute approximate surface area is 156 Å². The maximum absolute atomic E-state index is 9.69. The smallest absolute Gasteiger partial charge is 0.119 e. The first kappa shape index (κ1) is 19.8. The third kappa shape index (κ3) is 7.58. The first-order chi connectivity index (χ1) is 12.3. The van der Waals surface area contributed by atoms with Crippen molar-refractivity contribution in [2.75, 3.05) is 0 Å². The number of phenols is 2. The van der Waals surface area contributed by atoms with Crippen LogP contribution in [-0.2, 0) is 0 Å². The van der Waals surface area contributed by atoms with E-state index in [1.165, 1.54) is 6.07 Å². The predicted octanol–water partition coefficient (Wildman–Crippen LogP) is 5.61. The number of benzene rings is 2. The highest BCUT2D eigenvalue weighted by molar-refractivity contribution is 5.72. The van der Waals surface area contributed by atoms with Gasteiger partial charge in [0.25, 0.3) is 0 Å². The first-order valence-corrected chi connectivity index (χ1v) is 9.02. The van der Waals surface area contributed by atoms with Crippen LogP contribution in [0, 0.1) is 0 Å². The van der Waals surface area contributed by atoms with Gasteiger partial charge in [-0.3, -0.25) is 0 Å². The van der Waals surface area contributed by atoms with Crippen molar-refractivity contribution in [1.29, 1.82) is 0 Å². The highest BCUT2D eigenvalue weighted by Gasteiger charge is 2.10. The normalized spacial score (nSPS) is 12.3. The lowest BCUT2D eigenvalue weighted by atomic mass is 10.0. The molecule has 0 heterocycles. The minimum atomic E-state index is -0.573. The zero-order valence-corrected chi connectivity index (χ0v) is 15.5. The Kier molecular flexibility index (Phi) is 7.05. The molecule has 2 aromatic rings. The van der Waals surface area contributed by atoms with Gasteiger partial charge >= 0.3 is 0 Å². The maximum atomic E-state index is 9.69. The molecule has 0 atom stereocenters. The van der Waals surface area contributed by atoms with Gasteiger partial charge in [0.15, 0.2) is 0 Å². The van der Waals surface area contributed by atoms with Crippen LogP contribution in [0.15, 0.2) is 48.5 Å². The standard InChI is InChI=1S/C23H28O3/c1-23(2,26)13-6-4-3-5-8-18-9-7-10-19(14-18)11-12-20-15-21(24)17-22(25)16-20/h5,7-12,14-17,24-26H,3-4,6,13H2,1-2H3/b8-5+,12-11+. The number of hydrogen-bond acceptors (Lipinski definition) is 3. The predicted molar refractivity (Wildman–Crippen MR) is 109 cm³/mol. The van der Waals surface area contributed by atoms with Gasteiger partial charge in [-0.15, -0.1) is 0 Å². The molecule has 0 aliphatic rings. The second-order valence-corrected chi connectivity index (χ2v) is 7.25. The summed E-state index contributed by atoms with van der Waals surface area (Å²) in [6.07, 6.45) is 12.0. The minimum absolute atomic E-state index is 0.0471. The monoisotopic (exact) mass is 352 g/mol. The number of rotatable bonds is 8. The average molecular weight is 352 g/mol. The molecule has 0 radical (unpaired) electrons. The molecule has 0 aromatic heterocycles. The largest absolute Gasteiger partial charge is 0.508 e. The molecule has 0 aliphatic carbocycles. The SMILES string of the molecule is CC(C)(O)CCCC/C=C/c1cccc(/C=C/c2cc(O)cc(O)c2)c1. The number of allylic oxidation sites excluding steroid dienone is 1. The van der Waals surface area contributed by atoms with Crippen molar-refractivity contribution in [1.82, 2.24) is 0 Å². The Hall–Kier alpha value is -2.52. The molecule has 0 bridgehead atoms. The van der Waals surface area contributed by atoms with Crippen LogP contribution in [0.2, 0.25) is 0 Å².